The van der Waals surface area contributed by atoms with Crippen LogP contribution in [0.3, 0.4) is 0 Å². The molecule has 0 atom stereocenters. The van der Waals surface area contributed by atoms with E-state index in [1.807, 2.05) is 6.92 Å². The molecule has 5 heteroatoms. The van der Waals surface area contributed by atoms with E-state index in [1.54, 1.807) is 4.90 Å². The first-order chi connectivity index (χ1) is 6.24. The second-order valence-corrected chi connectivity index (χ2v) is 2.68. The second kappa shape index (κ2) is 7.97. The molecule has 13 heavy (non-hydrogen) atoms. The van der Waals surface area contributed by atoms with Crippen molar-refractivity contribution in [3.05, 3.63) is 0 Å². The Balaban J connectivity index is 3.71. The van der Waals surface area contributed by atoms with Gasteiger partial charge in [-0.25, -0.2) is 0 Å². The fourth-order valence-corrected chi connectivity index (χ4v) is 1.01. The van der Waals surface area contributed by atoms with Crippen molar-refractivity contribution in [2.24, 2.45) is 0 Å². The Bertz CT molecular complexity index is 135. The van der Waals surface area contributed by atoms with Crippen LogP contribution in [0.15, 0.2) is 0 Å². The lowest BCUT2D eigenvalue weighted by molar-refractivity contribution is -0.122. The van der Waals surface area contributed by atoms with E-state index in [0.717, 1.165) is 0 Å². The summed E-state index contributed by atoms with van der Waals surface area (Å²) in [5.41, 5.74) is 0. The predicted octanol–water partition coefficient (Wildman–Crippen LogP) is -1.59. The number of amides is 1. The van der Waals surface area contributed by atoms with Gasteiger partial charge >= 0.3 is 0 Å². The van der Waals surface area contributed by atoms with Gasteiger partial charge in [-0.3, -0.25) is 9.69 Å². The van der Waals surface area contributed by atoms with Gasteiger partial charge in [0.1, 0.15) is 0 Å². The van der Waals surface area contributed by atoms with Gasteiger partial charge in [0.05, 0.1) is 19.8 Å². The number of hydrogen-bond acceptors (Lipinski definition) is 4. The Kier molecular flexibility index (Phi) is 7.57. The molecule has 0 saturated heterocycles. The summed E-state index contributed by atoms with van der Waals surface area (Å²) >= 11 is 0. The smallest absolute Gasteiger partial charge is 0.234 e. The van der Waals surface area contributed by atoms with Crippen molar-refractivity contribution >= 4 is 5.91 Å². The van der Waals surface area contributed by atoms with Gasteiger partial charge in [0.2, 0.25) is 5.91 Å². The summed E-state index contributed by atoms with van der Waals surface area (Å²) in [7, 11) is 0. The average Bonchev–Trinajstić information content (AvgIpc) is 2.05. The van der Waals surface area contributed by atoms with Crippen molar-refractivity contribution in [3.63, 3.8) is 0 Å². The number of rotatable bonds is 7. The van der Waals surface area contributed by atoms with Gasteiger partial charge in [-0.05, 0) is 6.92 Å². The molecular formula is C8H18N2O3. The van der Waals surface area contributed by atoms with Gasteiger partial charge in [0.15, 0.2) is 0 Å². The Morgan fingerprint density at radius 2 is 1.85 bits per heavy atom. The number of aliphatic hydroxyl groups excluding tert-OH is 2. The molecule has 5 nitrogen and oxygen atoms in total. The lowest BCUT2D eigenvalue weighted by atomic mass is 10.4. The maximum atomic E-state index is 11.1. The minimum atomic E-state index is -0.0793. The Labute approximate surface area is 78.4 Å². The number of nitrogens with zero attached hydrogens (tertiary/aromatic N) is 1. The molecule has 0 aromatic rings. The maximum Gasteiger partial charge on any atom is 0.234 e. The van der Waals surface area contributed by atoms with Crippen molar-refractivity contribution in [3.8, 4) is 0 Å². The number of carbonyl (C=O) groups is 1. The minimum Gasteiger partial charge on any atom is -0.395 e. The molecule has 0 aliphatic rings. The summed E-state index contributed by atoms with van der Waals surface area (Å²) < 4.78 is 0. The molecule has 1 amide bonds. The molecule has 0 aromatic heterocycles. The van der Waals surface area contributed by atoms with Crippen LogP contribution in [0.2, 0.25) is 0 Å². The highest BCUT2D eigenvalue weighted by Gasteiger charge is 2.07. The van der Waals surface area contributed by atoms with Crippen LogP contribution in [0, 0.1) is 0 Å². The molecule has 0 aliphatic carbocycles. The van der Waals surface area contributed by atoms with E-state index in [0.29, 0.717) is 19.6 Å². The summed E-state index contributed by atoms with van der Waals surface area (Å²) in [5.74, 6) is -0.0793. The standard InChI is InChI=1S/C8H18N2O3/c1-2-9-8(13)7-10(3-5-11)4-6-12/h11-12H,2-7H2,1H3,(H,9,13). The summed E-state index contributed by atoms with van der Waals surface area (Å²) in [6, 6.07) is 0. The molecule has 0 aromatic carbocycles. The Hall–Kier alpha value is -0.650. The van der Waals surface area contributed by atoms with Crippen LogP contribution in [-0.2, 0) is 4.79 Å². The van der Waals surface area contributed by atoms with Gasteiger partial charge in [-0.1, -0.05) is 0 Å². The fourth-order valence-electron chi connectivity index (χ4n) is 1.01. The molecule has 0 heterocycles. The zero-order chi connectivity index (χ0) is 10.1. The number of hydrogen-bond donors (Lipinski definition) is 3. The van der Waals surface area contributed by atoms with Crippen molar-refractivity contribution in [2.75, 3.05) is 39.4 Å². The third-order valence-corrected chi connectivity index (χ3v) is 1.57. The Morgan fingerprint density at radius 1 is 1.31 bits per heavy atom. The highest BCUT2D eigenvalue weighted by Crippen LogP contribution is 1.86. The molecular weight excluding hydrogens is 172 g/mol. The molecule has 78 valence electrons. The lowest BCUT2D eigenvalue weighted by Crippen LogP contribution is -2.39. The van der Waals surface area contributed by atoms with Crippen molar-refractivity contribution in [2.45, 2.75) is 6.92 Å². The predicted molar refractivity (Wildman–Crippen MR) is 49.3 cm³/mol. The van der Waals surface area contributed by atoms with E-state index in [9.17, 15) is 4.79 Å². The molecule has 0 spiro atoms. The van der Waals surface area contributed by atoms with Crippen molar-refractivity contribution < 1.29 is 15.0 Å². The van der Waals surface area contributed by atoms with Crippen LogP contribution in [0.4, 0.5) is 0 Å². The van der Waals surface area contributed by atoms with E-state index in [-0.39, 0.29) is 25.7 Å². The molecule has 0 aliphatic heterocycles. The highest BCUT2D eigenvalue weighted by molar-refractivity contribution is 5.77. The molecule has 3 N–H and O–H groups in total. The van der Waals surface area contributed by atoms with Crippen LogP contribution >= 0.6 is 0 Å². The number of aliphatic hydroxyl groups is 2. The van der Waals surface area contributed by atoms with Gasteiger partial charge in [-0.15, -0.1) is 0 Å². The molecule has 0 fully saturated rings. The van der Waals surface area contributed by atoms with Crippen LogP contribution in [-0.4, -0.2) is 60.4 Å². The number of carbonyl (C=O) groups excluding carboxylic acids is 1. The first-order valence-corrected chi connectivity index (χ1v) is 4.45. The first kappa shape index (κ1) is 12.3. The van der Waals surface area contributed by atoms with E-state index >= 15 is 0 Å². The van der Waals surface area contributed by atoms with Crippen molar-refractivity contribution in [1.29, 1.82) is 0 Å². The second-order valence-electron chi connectivity index (χ2n) is 2.68. The third kappa shape index (κ3) is 6.51. The quantitative estimate of drug-likeness (QED) is 0.452. The van der Waals surface area contributed by atoms with Gasteiger partial charge < -0.3 is 15.5 Å². The van der Waals surface area contributed by atoms with E-state index in [4.69, 9.17) is 10.2 Å². The normalized spacial score (nSPS) is 10.5. The molecule has 0 radical (unpaired) electrons. The van der Waals surface area contributed by atoms with E-state index < -0.39 is 0 Å². The first-order valence-electron chi connectivity index (χ1n) is 4.45. The summed E-state index contributed by atoms with van der Waals surface area (Å²) in [5, 5.41) is 20.0. The number of likely N-dealkylation sites (N-methyl/N-ethyl adjacent to an activating group) is 1. The van der Waals surface area contributed by atoms with Gasteiger partial charge in [0, 0.05) is 19.6 Å². The van der Waals surface area contributed by atoms with E-state index in [1.165, 1.54) is 0 Å². The van der Waals surface area contributed by atoms with Crippen LogP contribution in [0.1, 0.15) is 6.92 Å². The molecule has 0 bridgehead atoms. The monoisotopic (exact) mass is 190 g/mol. The molecule has 0 saturated carbocycles. The van der Waals surface area contributed by atoms with Gasteiger partial charge in [-0.2, -0.15) is 0 Å². The Morgan fingerprint density at radius 3 is 2.23 bits per heavy atom. The third-order valence-electron chi connectivity index (χ3n) is 1.57. The minimum absolute atomic E-state index is 0.000590. The zero-order valence-corrected chi connectivity index (χ0v) is 7.99. The average molecular weight is 190 g/mol. The summed E-state index contributed by atoms with van der Waals surface area (Å²) in [4.78, 5) is 12.8. The number of nitrogens with one attached hydrogen (secondary N) is 1. The largest absolute Gasteiger partial charge is 0.395 e. The topological polar surface area (TPSA) is 72.8 Å². The summed E-state index contributed by atoms with van der Waals surface area (Å²) in [6.45, 7) is 3.51. The van der Waals surface area contributed by atoms with Crippen LogP contribution < -0.4 is 5.32 Å². The molecule has 0 unspecified atom stereocenters. The van der Waals surface area contributed by atoms with Gasteiger partial charge in [0.25, 0.3) is 0 Å². The SMILES string of the molecule is CCNC(=O)CN(CCO)CCO. The van der Waals surface area contributed by atoms with Crippen LogP contribution in [0.25, 0.3) is 0 Å². The summed E-state index contributed by atoms with van der Waals surface area (Å²) in [6.07, 6.45) is 0. The zero-order valence-electron chi connectivity index (χ0n) is 7.99. The van der Waals surface area contributed by atoms with Crippen molar-refractivity contribution in [1.82, 2.24) is 10.2 Å². The lowest BCUT2D eigenvalue weighted by Gasteiger charge is -2.18. The maximum absolute atomic E-state index is 11.1. The fraction of sp³-hybridized carbons (Fsp3) is 0.875. The highest BCUT2D eigenvalue weighted by atomic mass is 16.3. The van der Waals surface area contributed by atoms with E-state index in [2.05, 4.69) is 5.32 Å². The molecule has 0 rings (SSSR count). The van der Waals surface area contributed by atoms with Crippen LogP contribution in [0.5, 0.6) is 0 Å².